The van der Waals surface area contributed by atoms with Crippen LogP contribution in [0.4, 0.5) is 5.69 Å². The van der Waals surface area contributed by atoms with E-state index in [-0.39, 0.29) is 11.9 Å². The van der Waals surface area contributed by atoms with E-state index in [0.29, 0.717) is 0 Å². The maximum absolute atomic E-state index is 11.5. The van der Waals surface area contributed by atoms with Crippen molar-refractivity contribution in [1.82, 2.24) is 4.98 Å². The normalized spacial score (nSPS) is 19.9. The van der Waals surface area contributed by atoms with E-state index in [0.717, 1.165) is 28.8 Å². The quantitative estimate of drug-likeness (QED) is 0.678. The average Bonchev–Trinajstić information content (AvgIpc) is 2.17. The van der Waals surface area contributed by atoms with E-state index in [4.69, 9.17) is 0 Å². The molecule has 0 bridgehead atoms. The fourth-order valence-corrected chi connectivity index (χ4v) is 2.41. The van der Waals surface area contributed by atoms with Crippen molar-refractivity contribution in [3.63, 3.8) is 0 Å². The van der Waals surface area contributed by atoms with Gasteiger partial charge in [-0.1, -0.05) is 0 Å². The highest BCUT2D eigenvalue weighted by molar-refractivity contribution is 9.10. The number of rotatable bonds is 0. The molecule has 0 unspecified atom stereocenters. The number of anilines is 1. The van der Waals surface area contributed by atoms with Crippen molar-refractivity contribution in [2.75, 3.05) is 4.90 Å². The van der Waals surface area contributed by atoms with Gasteiger partial charge < -0.3 is 4.90 Å². The van der Waals surface area contributed by atoms with Crippen molar-refractivity contribution < 1.29 is 4.79 Å². The molecule has 1 aromatic rings. The van der Waals surface area contributed by atoms with Crippen LogP contribution in [-0.4, -0.2) is 16.9 Å². The lowest BCUT2D eigenvalue weighted by Gasteiger charge is -2.33. The first kappa shape index (κ1) is 10.6. The first-order valence-corrected chi connectivity index (χ1v) is 5.84. The molecule has 0 fully saturated rings. The molecule has 2 heterocycles. The maximum atomic E-state index is 11.5. The van der Waals surface area contributed by atoms with Crippen LogP contribution in [0.25, 0.3) is 0 Å². The van der Waals surface area contributed by atoms with Gasteiger partial charge in [-0.2, -0.15) is 0 Å². The minimum Gasteiger partial charge on any atom is -0.308 e. The van der Waals surface area contributed by atoms with Crippen LogP contribution in [0.1, 0.15) is 26.0 Å². The van der Waals surface area contributed by atoms with Gasteiger partial charge >= 0.3 is 0 Å². The molecule has 1 aliphatic rings. The number of carbonyl (C=O) groups excluding carboxylic acids is 1. The van der Waals surface area contributed by atoms with Crippen LogP contribution in [0.2, 0.25) is 0 Å². The summed E-state index contributed by atoms with van der Waals surface area (Å²) in [5, 5.41) is 0. The molecule has 1 atom stereocenters. The smallest absolute Gasteiger partial charge is 0.224 e. The molecule has 0 saturated heterocycles. The summed E-state index contributed by atoms with van der Waals surface area (Å²) in [7, 11) is 0. The van der Waals surface area contributed by atoms with Crippen molar-refractivity contribution in [1.29, 1.82) is 0 Å². The molecular formula is C11H13BrN2O. The molecule has 2 rings (SSSR count). The fraction of sp³-hybridized carbons (Fsp3) is 0.455. The van der Waals surface area contributed by atoms with Gasteiger partial charge in [0.05, 0.1) is 11.4 Å². The third kappa shape index (κ3) is 1.91. The molecule has 0 radical (unpaired) electrons. The fourth-order valence-electron chi connectivity index (χ4n) is 2.06. The van der Waals surface area contributed by atoms with E-state index in [9.17, 15) is 4.79 Å². The Bertz CT molecular complexity index is 406. The van der Waals surface area contributed by atoms with Gasteiger partial charge in [-0.05, 0) is 47.8 Å². The molecular weight excluding hydrogens is 256 g/mol. The van der Waals surface area contributed by atoms with E-state index < -0.39 is 0 Å². The highest BCUT2D eigenvalue weighted by atomic mass is 79.9. The van der Waals surface area contributed by atoms with Crippen molar-refractivity contribution in [3.8, 4) is 0 Å². The molecule has 3 nitrogen and oxygen atoms in total. The molecule has 15 heavy (non-hydrogen) atoms. The zero-order valence-electron chi connectivity index (χ0n) is 8.83. The lowest BCUT2D eigenvalue weighted by molar-refractivity contribution is -0.117. The summed E-state index contributed by atoms with van der Waals surface area (Å²) in [5.74, 6) is 0.0903. The standard InChI is InChI=1S/C11H13BrN2O/c1-7-3-4-9-10(14(7)8(2)15)5-6-11(12)13-9/h5-7H,3-4H2,1-2H3/t7-/m0/s1. The number of hydrogen-bond acceptors (Lipinski definition) is 2. The summed E-state index contributed by atoms with van der Waals surface area (Å²) in [5.41, 5.74) is 1.97. The van der Waals surface area contributed by atoms with Gasteiger partial charge in [-0.25, -0.2) is 4.98 Å². The molecule has 0 aliphatic carbocycles. The first-order chi connectivity index (χ1) is 7.09. The molecule has 0 saturated carbocycles. The van der Waals surface area contributed by atoms with Crippen molar-refractivity contribution in [3.05, 3.63) is 22.4 Å². The number of fused-ring (bicyclic) bond motifs is 1. The van der Waals surface area contributed by atoms with E-state index in [2.05, 4.69) is 27.8 Å². The molecule has 0 spiro atoms. The van der Waals surface area contributed by atoms with Crippen LogP contribution in [0.15, 0.2) is 16.7 Å². The zero-order chi connectivity index (χ0) is 11.0. The summed E-state index contributed by atoms with van der Waals surface area (Å²) in [6.45, 7) is 3.68. The molecule has 1 amide bonds. The number of halogens is 1. The van der Waals surface area contributed by atoms with Gasteiger partial charge in [-0.3, -0.25) is 4.79 Å². The predicted octanol–water partition coefficient (Wildman–Crippen LogP) is 2.53. The third-order valence-corrected chi connectivity index (χ3v) is 3.20. The highest BCUT2D eigenvalue weighted by Crippen LogP contribution is 2.30. The Morgan fingerprint density at radius 3 is 3.00 bits per heavy atom. The monoisotopic (exact) mass is 268 g/mol. The van der Waals surface area contributed by atoms with Crippen molar-refractivity contribution in [2.45, 2.75) is 32.7 Å². The highest BCUT2D eigenvalue weighted by Gasteiger charge is 2.26. The minimum atomic E-state index is 0.0903. The van der Waals surface area contributed by atoms with E-state index in [1.54, 1.807) is 6.92 Å². The van der Waals surface area contributed by atoms with Gasteiger partial charge in [0.15, 0.2) is 0 Å². The molecule has 80 valence electrons. The van der Waals surface area contributed by atoms with E-state index >= 15 is 0 Å². The average molecular weight is 269 g/mol. The lowest BCUT2D eigenvalue weighted by atomic mass is 10.0. The van der Waals surface area contributed by atoms with Crippen LogP contribution in [0.5, 0.6) is 0 Å². The third-order valence-electron chi connectivity index (χ3n) is 2.75. The summed E-state index contributed by atoms with van der Waals surface area (Å²) in [6.07, 6.45) is 1.93. The van der Waals surface area contributed by atoms with Gasteiger partial charge in [0.2, 0.25) is 5.91 Å². The SMILES string of the molecule is CC(=O)N1c2ccc(Br)nc2CC[C@@H]1C. The molecule has 4 heteroatoms. The summed E-state index contributed by atoms with van der Waals surface area (Å²) >= 11 is 3.35. The first-order valence-electron chi connectivity index (χ1n) is 5.05. The molecule has 1 aromatic heterocycles. The van der Waals surface area contributed by atoms with Crippen LogP contribution in [0.3, 0.4) is 0 Å². The topological polar surface area (TPSA) is 33.2 Å². The summed E-state index contributed by atoms with van der Waals surface area (Å²) < 4.78 is 0.833. The number of amides is 1. The maximum Gasteiger partial charge on any atom is 0.224 e. The van der Waals surface area contributed by atoms with Crippen LogP contribution < -0.4 is 4.90 Å². The molecule has 0 N–H and O–H groups in total. The number of nitrogens with zero attached hydrogens (tertiary/aromatic N) is 2. The number of aryl methyl sites for hydroxylation is 1. The number of pyridine rings is 1. The molecule has 1 aliphatic heterocycles. The number of carbonyl (C=O) groups is 1. The Labute approximate surface area is 97.6 Å². The zero-order valence-corrected chi connectivity index (χ0v) is 10.4. The Balaban J connectivity index is 2.48. The Morgan fingerprint density at radius 1 is 1.60 bits per heavy atom. The second-order valence-corrected chi connectivity index (χ2v) is 4.69. The largest absolute Gasteiger partial charge is 0.308 e. The summed E-state index contributed by atoms with van der Waals surface area (Å²) in [4.78, 5) is 17.8. The predicted molar refractivity (Wildman–Crippen MR) is 62.9 cm³/mol. The van der Waals surface area contributed by atoms with E-state index in [1.165, 1.54) is 0 Å². The Kier molecular flexibility index (Phi) is 2.78. The second-order valence-electron chi connectivity index (χ2n) is 3.88. The van der Waals surface area contributed by atoms with E-state index in [1.807, 2.05) is 17.0 Å². The molecule has 0 aromatic carbocycles. The van der Waals surface area contributed by atoms with Crippen LogP contribution in [0, 0.1) is 0 Å². The Morgan fingerprint density at radius 2 is 2.33 bits per heavy atom. The van der Waals surface area contributed by atoms with Gasteiger partial charge in [0, 0.05) is 13.0 Å². The summed E-state index contributed by atoms with van der Waals surface area (Å²) in [6, 6.07) is 4.12. The van der Waals surface area contributed by atoms with Crippen molar-refractivity contribution in [2.24, 2.45) is 0 Å². The van der Waals surface area contributed by atoms with Gasteiger partial charge in [0.25, 0.3) is 0 Å². The lowest BCUT2D eigenvalue weighted by Crippen LogP contribution is -2.41. The van der Waals surface area contributed by atoms with Crippen LogP contribution >= 0.6 is 15.9 Å². The Hall–Kier alpha value is -0.900. The van der Waals surface area contributed by atoms with Gasteiger partial charge in [-0.15, -0.1) is 0 Å². The number of hydrogen-bond donors (Lipinski definition) is 0. The second kappa shape index (κ2) is 3.93. The van der Waals surface area contributed by atoms with Gasteiger partial charge in [0.1, 0.15) is 4.60 Å². The number of aromatic nitrogens is 1. The van der Waals surface area contributed by atoms with Crippen molar-refractivity contribution >= 4 is 27.5 Å². The minimum absolute atomic E-state index is 0.0903. The van der Waals surface area contributed by atoms with Crippen LogP contribution in [-0.2, 0) is 11.2 Å².